The molecule has 0 N–H and O–H groups in total. The molecule has 0 saturated heterocycles. The number of carbonyl (C=O) groups excluding carboxylic acids is 4. The predicted octanol–water partition coefficient (Wildman–Crippen LogP) is 5.23. The standard InChI is InChI=1S/C14H17ClO4.C14H18O4/c1-3-18-13(16)9-12(14(17)19-4-2)10-5-7-11(15)8-6-10;1-3-17-13(15)10-12(14(16)18-4-2)11-8-6-5-7-9-11/h5-8,12H,3-4,9H2,1-2H3;5-9,12H,3-4,10H2,1-2H3. The van der Waals surface area contributed by atoms with Gasteiger partial charge in [0.05, 0.1) is 51.1 Å². The molecule has 0 aliphatic rings. The first kappa shape index (κ1) is 31.6. The molecule has 0 fully saturated rings. The minimum Gasteiger partial charge on any atom is -0.466 e. The van der Waals surface area contributed by atoms with Crippen molar-refractivity contribution in [3.63, 3.8) is 0 Å². The van der Waals surface area contributed by atoms with Crippen molar-refractivity contribution in [3.8, 4) is 0 Å². The summed E-state index contributed by atoms with van der Waals surface area (Å²) in [5, 5.41) is 0.572. The third-order valence-electron chi connectivity index (χ3n) is 4.97. The molecule has 202 valence electrons. The van der Waals surface area contributed by atoms with Crippen LogP contribution in [0.2, 0.25) is 5.02 Å². The smallest absolute Gasteiger partial charge is 0.313 e. The Kier molecular flexibility index (Phi) is 15.3. The maximum atomic E-state index is 11.9. The first-order chi connectivity index (χ1) is 17.8. The van der Waals surface area contributed by atoms with Crippen molar-refractivity contribution in [3.05, 3.63) is 70.7 Å². The topological polar surface area (TPSA) is 105 Å². The molecule has 0 spiro atoms. The van der Waals surface area contributed by atoms with Crippen molar-refractivity contribution in [2.45, 2.75) is 52.4 Å². The summed E-state index contributed by atoms with van der Waals surface area (Å²) in [7, 11) is 0. The number of rotatable bonds is 12. The lowest BCUT2D eigenvalue weighted by molar-refractivity contribution is -0.151. The number of ether oxygens (including phenoxy) is 4. The molecule has 0 amide bonds. The Labute approximate surface area is 223 Å². The van der Waals surface area contributed by atoms with Gasteiger partial charge in [-0.05, 0) is 51.0 Å². The lowest BCUT2D eigenvalue weighted by Crippen LogP contribution is -2.20. The second kappa shape index (κ2) is 17.9. The Morgan fingerprint density at radius 2 is 0.973 bits per heavy atom. The van der Waals surface area contributed by atoms with Gasteiger partial charge < -0.3 is 18.9 Å². The van der Waals surface area contributed by atoms with Crippen molar-refractivity contribution in [1.29, 1.82) is 0 Å². The molecule has 2 rings (SSSR count). The zero-order valence-corrected chi connectivity index (χ0v) is 22.5. The lowest BCUT2D eigenvalue weighted by atomic mass is 9.96. The fourth-order valence-electron chi connectivity index (χ4n) is 3.31. The Hall–Kier alpha value is -3.39. The monoisotopic (exact) mass is 534 g/mol. The minimum atomic E-state index is -0.656. The molecule has 9 heteroatoms. The van der Waals surface area contributed by atoms with Gasteiger partial charge in [0.1, 0.15) is 0 Å². The molecule has 0 aromatic heterocycles. The highest BCUT2D eigenvalue weighted by atomic mass is 35.5. The van der Waals surface area contributed by atoms with Crippen LogP contribution in [-0.4, -0.2) is 50.3 Å². The molecule has 2 atom stereocenters. The van der Waals surface area contributed by atoms with Crippen LogP contribution in [-0.2, 0) is 38.1 Å². The molecule has 2 aromatic rings. The summed E-state index contributed by atoms with van der Waals surface area (Å²) in [5.41, 5.74) is 1.46. The van der Waals surface area contributed by atoms with E-state index in [1.165, 1.54) is 0 Å². The van der Waals surface area contributed by atoms with Gasteiger partial charge in [-0.1, -0.05) is 54.1 Å². The lowest BCUT2D eigenvalue weighted by Gasteiger charge is -2.15. The van der Waals surface area contributed by atoms with Gasteiger partial charge in [0.25, 0.3) is 0 Å². The summed E-state index contributed by atoms with van der Waals surface area (Å²) in [4.78, 5) is 46.8. The number of hydrogen-bond donors (Lipinski definition) is 0. The summed E-state index contributed by atoms with van der Waals surface area (Å²) in [6.07, 6.45) is -0.0228. The average molecular weight is 535 g/mol. The third-order valence-corrected chi connectivity index (χ3v) is 5.22. The maximum absolute atomic E-state index is 11.9. The summed E-state index contributed by atoms with van der Waals surface area (Å²) >= 11 is 5.80. The first-order valence-corrected chi connectivity index (χ1v) is 12.6. The van der Waals surface area contributed by atoms with Gasteiger partial charge >= 0.3 is 23.9 Å². The van der Waals surface area contributed by atoms with Crippen molar-refractivity contribution < 1.29 is 38.1 Å². The van der Waals surface area contributed by atoms with Crippen molar-refractivity contribution >= 4 is 35.5 Å². The van der Waals surface area contributed by atoms with Crippen LogP contribution in [0.1, 0.15) is 63.5 Å². The van der Waals surface area contributed by atoms with Gasteiger partial charge in [-0.2, -0.15) is 0 Å². The number of halogens is 1. The normalized spacial score (nSPS) is 11.7. The highest BCUT2D eigenvalue weighted by Crippen LogP contribution is 2.24. The highest BCUT2D eigenvalue weighted by molar-refractivity contribution is 6.30. The van der Waals surface area contributed by atoms with Crippen LogP contribution in [0.4, 0.5) is 0 Å². The predicted molar refractivity (Wildman–Crippen MR) is 139 cm³/mol. The molecule has 8 nitrogen and oxygen atoms in total. The van der Waals surface area contributed by atoms with Crippen LogP contribution in [0.15, 0.2) is 54.6 Å². The van der Waals surface area contributed by atoms with E-state index in [1.54, 1.807) is 64.1 Å². The Bertz CT molecular complexity index is 975. The Balaban J connectivity index is 0.000000371. The van der Waals surface area contributed by atoms with Crippen LogP contribution < -0.4 is 0 Å². The van der Waals surface area contributed by atoms with E-state index in [0.717, 1.165) is 5.56 Å². The quantitative estimate of drug-likeness (QED) is 0.269. The van der Waals surface area contributed by atoms with Gasteiger partial charge in [-0.25, -0.2) is 0 Å². The van der Waals surface area contributed by atoms with E-state index in [4.69, 9.17) is 30.5 Å². The molecule has 2 unspecified atom stereocenters. The van der Waals surface area contributed by atoms with Gasteiger partial charge in [0.2, 0.25) is 0 Å². The Morgan fingerprint density at radius 1 is 0.595 bits per heavy atom. The molecule has 0 radical (unpaired) electrons. The van der Waals surface area contributed by atoms with E-state index in [2.05, 4.69) is 0 Å². The molecular formula is C28H35ClO8. The molecular weight excluding hydrogens is 500 g/mol. The molecule has 0 heterocycles. The minimum absolute atomic E-state index is 0.0106. The molecule has 0 aliphatic carbocycles. The van der Waals surface area contributed by atoms with E-state index >= 15 is 0 Å². The van der Waals surface area contributed by atoms with E-state index in [1.807, 2.05) is 18.2 Å². The number of benzene rings is 2. The number of hydrogen-bond acceptors (Lipinski definition) is 8. The summed E-state index contributed by atoms with van der Waals surface area (Å²) < 4.78 is 19.7. The largest absolute Gasteiger partial charge is 0.466 e. The zero-order valence-electron chi connectivity index (χ0n) is 21.7. The first-order valence-electron chi connectivity index (χ1n) is 12.2. The average Bonchev–Trinajstić information content (AvgIpc) is 2.88. The van der Waals surface area contributed by atoms with Crippen molar-refractivity contribution in [1.82, 2.24) is 0 Å². The molecule has 0 bridgehead atoms. The van der Waals surface area contributed by atoms with Crippen LogP contribution >= 0.6 is 11.6 Å². The third kappa shape index (κ3) is 11.9. The molecule has 2 aromatic carbocycles. The number of carbonyl (C=O) groups is 4. The van der Waals surface area contributed by atoms with Crippen LogP contribution in [0.5, 0.6) is 0 Å². The summed E-state index contributed by atoms with van der Waals surface area (Å²) in [6, 6.07) is 15.9. The van der Waals surface area contributed by atoms with Gasteiger partial charge in [0, 0.05) is 5.02 Å². The molecule has 0 aliphatic heterocycles. The SMILES string of the molecule is CCOC(=O)CC(C(=O)OCC)c1ccc(Cl)cc1.CCOC(=O)CC(C(=O)OCC)c1ccccc1. The van der Waals surface area contributed by atoms with Crippen LogP contribution in [0, 0.1) is 0 Å². The fourth-order valence-corrected chi connectivity index (χ4v) is 3.44. The second-order valence-corrected chi connectivity index (χ2v) is 8.03. The van der Waals surface area contributed by atoms with Gasteiger partial charge in [-0.15, -0.1) is 0 Å². The molecule has 37 heavy (non-hydrogen) atoms. The van der Waals surface area contributed by atoms with Crippen molar-refractivity contribution in [2.24, 2.45) is 0 Å². The van der Waals surface area contributed by atoms with Gasteiger partial charge in [-0.3, -0.25) is 19.2 Å². The van der Waals surface area contributed by atoms with E-state index < -0.39 is 29.7 Å². The highest BCUT2D eigenvalue weighted by Gasteiger charge is 2.26. The van der Waals surface area contributed by atoms with Crippen LogP contribution in [0.3, 0.4) is 0 Å². The van der Waals surface area contributed by atoms with E-state index in [0.29, 0.717) is 23.8 Å². The van der Waals surface area contributed by atoms with Crippen LogP contribution in [0.25, 0.3) is 0 Å². The fraction of sp³-hybridized carbons (Fsp3) is 0.429. The summed E-state index contributed by atoms with van der Waals surface area (Å²) in [6.45, 7) is 8.08. The Morgan fingerprint density at radius 3 is 1.35 bits per heavy atom. The van der Waals surface area contributed by atoms with E-state index in [-0.39, 0.29) is 32.0 Å². The van der Waals surface area contributed by atoms with Gasteiger partial charge in [0.15, 0.2) is 0 Å². The maximum Gasteiger partial charge on any atom is 0.313 e. The van der Waals surface area contributed by atoms with E-state index in [9.17, 15) is 19.2 Å². The number of esters is 4. The molecule has 0 saturated carbocycles. The van der Waals surface area contributed by atoms with Crippen molar-refractivity contribution in [2.75, 3.05) is 26.4 Å². The second-order valence-electron chi connectivity index (χ2n) is 7.59. The zero-order chi connectivity index (χ0) is 27.6. The summed E-state index contributed by atoms with van der Waals surface area (Å²) in [5.74, 6) is -2.88.